The van der Waals surface area contributed by atoms with Crippen LogP contribution in [0.15, 0.2) is 52.9 Å². The van der Waals surface area contributed by atoms with Crippen molar-refractivity contribution >= 4 is 27.5 Å². The maximum Gasteiger partial charge on any atom is 0.229 e. The van der Waals surface area contributed by atoms with E-state index in [2.05, 4.69) is 44.8 Å². The van der Waals surface area contributed by atoms with E-state index in [4.69, 9.17) is 4.42 Å². The van der Waals surface area contributed by atoms with Crippen LogP contribution < -0.4 is 5.32 Å². The summed E-state index contributed by atoms with van der Waals surface area (Å²) in [5.74, 6) is 0.617. The molecule has 0 spiro atoms. The van der Waals surface area contributed by atoms with Gasteiger partial charge in [0.15, 0.2) is 0 Å². The lowest BCUT2D eigenvalue weighted by Crippen LogP contribution is -2.20. The predicted octanol–water partition coefficient (Wildman–Crippen LogP) is 3.23. The van der Waals surface area contributed by atoms with E-state index in [9.17, 15) is 4.79 Å². The summed E-state index contributed by atoms with van der Waals surface area (Å²) in [6.45, 7) is 0. The Morgan fingerprint density at radius 2 is 1.88 bits per heavy atom. The number of thiazole rings is 1. The summed E-state index contributed by atoms with van der Waals surface area (Å²) in [4.78, 5) is 16.0. The van der Waals surface area contributed by atoms with E-state index in [0.717, 1.165) is 15.2 Å². The molecule has 0 aliphatic carbocycles. The minimum atomic E-state index is -0.159. The van der Waals surface area contributed by atoms with Crippen molar-refractivity contribution in [2.24, 2.45) is 0 Å². The third-order valence-electron chi connectivity index (χ3n) is 3.94. The number of nitrogens with one attached hydrogen (secondary N) is 1. The number of aromatic nitrogens is 3. The van der Waals surface area contributed by atoms with Gasteiger partial charge in [-0.15, -0.1) is 21.5 Å². The normalized spacial score (nSPS) is 11.0. The molecule has 2 aromatic carbocycles. The second kappa shape index (κ2) is 7.05. The van der Waals surface area contributed by atoms with Crippen LogP contribution >= 0.6 is 11.3 Å². The topological polar surface area (TPSA) is 80.9 Å². The fraction of sp³-hybridized carbons (Fsp3) is 0.158. The molecule has 1 amide bonds. The molecule has 2 aromatic heterocycles. The van der Waals surface area contributed by atoms with Crippen molar-refractivity contribution in [1.29, 1.82) is 0 Å². The monoisotopic (exact) mass is 364 g/mol. The third-order valence-corrected chi connectivity index (χ3v) is 4.96. The van der Waals surface area contributed by atoms with E-state index >= 15 is 0 Å². The van der Waals surface area contributed by atoms with Crippen molar-refractivity contribution in [2.75, 3.05) is 7.05 Å². The first-order valence-corrected chi connectivity index (χ1v) is 8.99. The lowest BCUT2D eigenvalue weighted by Gasteiger charge is -2.00. The second-order valence-electron chi connectivity index (χ2n) is 5.77. The van der Waals surface area contributed by atoms with Gasteiger partial charge in [-0.05, 0) is 23.3 Å². The number of carbonyl (C=O) groups is 1. The van der Waals surface area contributed by atoms with Gasteiger partial charge in [0.05, 0.1) is 16.6 Å². The quantitative estimate of drug-likeness (QED) is 0.588. The van der Waals surface area contributed by atoms with E-state index < -0.39 is 0 Å². The van der Waals surface area contributed by atoms with Crippen LogP contribution in [0.3, 0.4) is 0 Å². The van der Waals surface area contributed by atoms with Crippen LogP contribution in [0.5, 0.6) is 0 Å². The molecule has 26 heavy (non-hydrogen) atoms. The molecule has 130 valence electrons. The summed E-state index contributed by atoms with van der Waals surface area (Å²) >= 11 is 1.61. The number of benzene rings is 2. The first-order chi connectivity index (χ1) is 12.7. The Morgan fingerprint density at radius 1 is 1.08 bits per heavy atom. The van der Waals surface area contributed by atoms with E-state index in [1.54, 1.807) is 18.4 Å². The number of hydrogen-bond donors (Lipinski definition) is 1. The molecule has 0 saturated heterocycles. The third kappa shape index (κ3) is 3.48. The van der Waals surface area contributed by atoms with Crippen molar-refractivity contribution in [3.8, 4) is 11.1 Å². The van der Waals surface area contributed by atoms with Gasteiger partial charge < -0.3 is 9.73 Å². The fourth-order valence-corrected chi connectivity index (χ4v) is 3.64. The SMILES string of the molecule is CNC(=O)Cc1nnc(Cc2nc3ccc(-c4ccccc4)cc3s2)o1. The molecule has 0 fully saturated rings. The molecular formula is C19H16N4O2S. The minimum Gasteiger partial charge on any atom is -0.424 e. The van der Waals surface area contributed by atoms with E-state index in [-0.39, 0.29) is 12.3 Å². The Kier molecular flexibility index (Phi) is 4.45. The summed E-state index contributed by atoms with van der Waals surface area (Å²) in [7, 11) is 1.57. The van der Waals surface area contributed by atoms with E-state index in [1.807, 2.05) is 24.3 Å². The highest BCUT2D eigenvalue weighted by Gasteiger charge is 2.13. The lowest BCUT2D eigenvalue weighted by molar-refractivity contribution is -0.120. The molecule has 0 atom stereocenters. The molecule has 0 aliphatic heterocycles. The standard InChI is InChI=1S/C19H16N4O2S/c1-20-16(24)10-17-22-23-18(25-17)11-19-21-14-8-7-13(9-15(14)26-19)12-5-3-2-4-6-12/h2-9H,10-11H2,1H3,(H,20,24). The van der Waals surface area contributed by atoms with Crippen LogP contribution in [0.1, 0.15) is 16.8 Å². The molecule has 0 bridgehead atoms. The molecule has 4 rings (SSSR count). The Morgan fingerprint density at radius 3 is 2.69 bits per heavy atom. The summed E-state index contributed by atoms with van der Waals surface area (Å²) < 4.78 is 6.65. The lowest BCUT2D eigenvalue weighted by atomic mass is 10.1. The Bertz CT molecular complexity index is 1060. The first-order valence-electron chi connectivity index (χ1n) is 8.18. The van der Waals surface area contributed by atoms with Crippen molar-refractivity contribution in [1.82, 2.24) is 20.5 Å². The summed E-state index contributed by atoms with van der Waals surface area (Å²) in [6.07, 6.45) is 0.546. The van der Waals surface area contributed by atoms with Gasteiger partial charge in [-0.25, -0.2) is 4.98 Å². The maximum atomic E-state index is 11.4. The van der Waals surface area contributed by atoms with Crippen LogP contribution in [0.25, 0.3) is 21.3 Å². The number of likely N-dealkylation sites (N-methyl/N-ethyl adjacent to an activating group) is 1. The molecule has 0 saturated carbocycles. The molecule has 6 nitrogen and oxygen atoms in total. The second-order valence-corrected chi connectivity index (χ2v) is 6.89. The van der Waals surface area contributed by atoms with Crippen LogP contribution in [0, 0.1) is 0 Å². The summed E-state index contributed by atoms with van der Waals surface area (Å²) in [5, 5.41) is 11.3. The van der Waals surface area contributed by atoms with Gasteiger partial charge >= 0.3 is 0 Å². The smallest absolute Gasteiger partial charge is 0.229 e. The van der Waals surface area contributed by atoms with Crippen LogP contribution in [0.2, 0.25) is 0 Å². The van der Waals surface area contributed by atoms with Crippen molar-refractivity contribution in [2.45, 2.75) is 12.8 Å². The Balaban J connectivity index is 1.55. The van der Waals surface area contributed by atoms with Gasteiger partial charge in [-0.1, -0.05) is 36.4 Å². The molecule has 4 aromatic rings. The molecule has 0 aliphatic rings. The molecule has 0 radical (unpaired) electrons. The van der Waals surface area contributed by atoms with Gasteiger partial charge in [-0.3, -0.25) is 4.79 Å². The first kappa shape index (κ1) is 16.4. The summed E-state index contributed by atoms with van der Waals surface area (Å²) in [6, 6.07) is 16.5. The van der Waals surface area contributed by atoms with Gasteiger partial charge in [-0.2, -0.15) is 0 Å². The number of fused-ring (bicyclic) bond motifs is 1. The zero-order valence-electron chi connectivity index (χ0n) is 14.1. The Hall–Kier alpha value is -3.06. The number of nitrogens with zero attached hydrogens (tertiary/aromatic N) is 3. The van der Waals surface area contributed by atoms with Crippen molar-refractivity contribution in [3.63, 3.8) is 0 Å². The van der Waals surface area contributed by atoms with Crippen molar-refractivity contribution in [3.05, 3.63) is 65.3 Å². The number of amides is 1. The highest BCUT2D eigenvalue weighted by molar-refractivity contribution is 7.18. The van der Waals surface area contributed by atoms with Crippen molar-refractivity contribution < 1.29 is 9.21 Å². The average Bonchev–Trinajstić information content (AvgIpc) is 3.28. The number of carbonyl (C=O) groups excluding carboxylic acids is 1. The predicted molar refractivity (Wildman–Crippen MR) is 99.9 cm³/mol. The average molecular weight is 364 g/mol. The van der Waals surface area contributed by atoms with Gasteiger partial charge in [0, 0.05) is 7.05 Å². The molecule has 7 heteroatoms. The summed E-state index contributed by atoms with van der Waals surface area (Å²) in [5.41, 5.74) is 3.30. The minimum absolute atomic E-state index is 0.0871. The van der Waals surface area contributed by atoms with Crippen LogP contribution in [-0.2, 0) is 17.6 Å². The molecular weight excluding hydrogens is 348 g/mol. The highest BCUT2D eigenvalue weighted by atomic mass is 32.1. The molecule has 1 N–H and O–H groups in total. The van der Waals surface area contributed by atoms with E-state index in [0.29, 0.717) is 18.2 Å². The molecule has 0 unspecified atom stereocenters. The Labute approximate surface area is 153 Å². The number of hydrogen-bond acceptors (Lipinski definition) is 6. The van der Waals surface area contributed by atoms with Crippen LogP contribution in [-0.4, -0.2) is 28.1 Å². The molecule has 2 heterocycles. The largest absolute Gasteiger partial charge is 0.424 e. The fourth-order valence-electron chi connectivity index (χ4n) is 2.64. The maximum absolute atomic E-state index is 11.4. The van der Waals surface area contributed by atoms with Gasteiger partial charge in [0.25, 0.3) is 0 Å². The van der Waals surface area contributed by atoms with Crippen LogP contribution in [0.4, 0.5) is 0 Å². The highest BCUT2D eigenvalue weighted by Crippen LogP contribution is 2.29. The zero-order chi connectivity index (χ0) is 17.9. The van der Waals surface area contributed by atoms with Gasteiger partial charge in [0.2, 0.25) is 17.7 Å². The van der Waals surface area contributed by atoms with E-state index in [1.165, 1.54) is 11.1 Å². The van der Waals surface area contributed by atoms with Gasteiger partial charge in [0.1, 0.15) is 11.4 Å². The number of rotatable bonds is 5. The zero-order valence-corrected chi connectivity index (χ0v) is 14.9.